The van der Waals surface area contributed by atoms with Gasteiger partial charge in [0.05, 0.1) is 23.4 Å². The lowest BCUT2D eigenvalue weighted by Crippen LogP contribution is -2.15. The van der Waals surface area contributed by atoms with Crippen molar-refractivity contribution in [2.24, 2.45) is 0 Å². The SMILES string of the molecule is CCOC(=O)COc1ccc(OC(c2ccc(C(F)(F)F)cc2)c2[nH]nc3ccccc23)cc1F. The van der Waals surface area contributed by atoms with Gasteiger partial charge in [0, 0.05) is 11.5 Å². The van der Waals surface area contributed by atoms with E-state index in [2.05, 4.69) is 10.2 Å². The number of hydrogen-bond acceptors (Lipinski definition) is 5. The smallest absolute Gasteiger partial charge is 0.416 e. The average Bonchev–Trinajstić information content (AvgIpc) is 3.26. The zero-order valence-corrected chi connectivity index (χ0v) is 18.4. The van der Waals surface area contributed by atoms with Crippen molar-refractivity contribution in [3.05, 3.63) is 89.4 Å². The fourth-order valence-corrected chi connectivity index (χ4v) is 3.47. The Morgan fingerprint density at radius 1 is 1.06 bits per heavy atom. The maximum Gasteiger partial charge on any atom is 0.416 e. The van der Waals surface area contributed by atoms with Crippen LogP contribution in [0.25, 0.3) is 10.9 Å². The molecule has 0 aliphatic rings. The van der Waals surface area contributed by atoms with Gasteiger partial charge >= 0.3 is 12.1 Å². The molecule has 0 spiro atoms. The Labute approximate surface area is 197 Å². The first-order valence-corrected chi connectivity index (χ1v) is 10.6. The summed E-state index contributed by atoms with van der Waals surface area (Å²) in [5, 5.41) is 7.81. The van der Waals surface area contributed by atoms with Crippen molar-refractivity contribution in [2.75, 3.05) is 13.2 Å². The maximum atomic E-state index is 14.6. The van der Waals surface area contributed by atoms with Gasteiger partial charge in [-0.25, -0.2) is 9.18 Å². The average molecular weight is 488 g/mol. The number of para-hydroxylation sites is 1. The van der Waals surface area contributed by atoms with Crippen molar-refractivity contribution in [3.8, 4) is 11.5 Å². The number of esters is 1. The van der Waals surface area contributed by atoms with E-state index < -0.39 is 36.2 Å². The minimum Gasteiger partial charge on any atom is -0.479 e. The second kappa shape index (κ2) is 10.0. The molecule has 4 aromatic rings. The summed E-state index contributed by atoms with van der Waals surface area (Å²) < 4.78 is 69.7. The number of hydrogen-bond donors (Lipinski definition) is 1. The van der Waals surface area contributed by atoms with Crippen molar-refractivity contribution in [2.45, 2.75) is 19.2 Å². The van der Waals surface area contributed by atoms with Crippen molar-refractivity contribution in [1.29, 1.82) is 0 Å². The first kappa shape index (κ1) is 24.1. The van der Waals surface area contributed by atoms with E-state index in [9.17, 15) is 22.4 Å². The van der Waals surface area contributed by atoms with Crippen LogP contribution >= 0.6 is 0 Å². The summed E-state index contributed by atoms with van der Waals surface area (Å²) in [6.45, 7) is 1.35. The van der Waals surface area contributed by atoms with Crippen LogP contribution in [0.3, 0.4) is 0 Å². The Morgan fingerprint density at radius 2 is 1.80 bits per heavy atom. The number of carbonyl (C=O) groups is 1. The molecule has 6 nitrogen and oxygen atoms in total. The number of rotatable bonds is 8. The molecule has 0 saturated carbocycles. The van der Waals surface area contributed by atoms with E-state index in [1.165, 1.54) is 24.3 Å². The molecule has 0 amide bonds. The maximum absolute atomic E-state index is 14.6. The number of carbonyl (C=O) groups excluding carboxylic acids is 1. The number of ether oxygens (including phenoxy) is 3. The number of fused-ring (bicyclic) bond motifs is 1. The van der Waals surface area contributed by atoms with Crippen molar-refractivity contribution in [3.63, 3.8) is 0 Å². The topological polar surface area (TPSA) is 73.4 Å². The van der Waals surface area contributed by atoms with E-state index in [4.69, 9.17) is 14.2 Å². The minimum absolute atomic E-state index is 0.0922. The van der Waals surface area contributed by atoms with E-state index in [0.717, 1.165) is 18.2 Å². The Balaban J connectivity index is 1.65. The second-order valence-electron chi connectivity index (χ2n) is 7.46. The summed E-state index contributed by atoms with van der Waals surface area (Å²) in [5.41, 5.74) is 0.722. The van der Waals surface area contributed by atoms with Gasteiger partial charge in [-0.1, -0.05) is 30.3 Å². The van der Waals surface area contributed by atoms with Crippen LogP contribution in [0.2, 0.25) is 0 Å². The fraction of sp³-hybridized carbons (Fsp3) is 0.200. The van der Waals surface area contributed by atoms with Crippen LogP contribution in [0, 0.1) is 5.82 Å². The number of nitrogens with zero attached hydrogens (tertiary/aromatic N) is 1. The Kier molecular flexibility index (Phi) is 6.90. The third kappa shape index (κ3) is 5.53. The predicted molar refractivity (Wildman–Crippen MR) is 119 cm³/mol. The third-order valence-electron chi connectivity index (χ3n) is 5.10. The zero-order valence-electron chi connectivity index (χ0n) is 18.4. The van der Waals surface area contributed by atoms with Crippen molar-refractivity contribution >= 4 is 16.9 Å². The van der Waals surface area contributed by atoms with Crippen LogP contribution in [-0.2, 0) is 15.7 Å². The van der Waals surface area contributed by atoms with Gasteiger partial charge in [0.25, 0.3) is 0 Å². The number of benzene rings is 3. The summed E-state index contributed by atoms with van der Waals surface area (Å²) in [5.74, 6) is -1.51. The number of alkyl halides is 3. The van der Waals surface area contributed by atoms with Gasteiger partial charge in [-0.05, 0) is 42.8 Å². The molecule has 0 fully saturated rings. The lowest BCUT2D eigenvalue weighted by Gasteiger charge is -2.20. The molecule has 35 heavy (non-hydrogen) atoms. The Morgan fingerprint density at radius 3 is 2.49 bits per heavy atom. The summed E-state index contributed by atoms with van der Waals surface area (Å²) in [6.07, 6.45) is -5.41. The molecule has 1 heterocycles. The number of nitrogens with one attached hydrogen (secondary N) is 1. The van der Waals surface area contributed by atoms with E-state index in [0.29, 0.717) is 22.2 Å². The Hall–Kier alpha value is -4.08. The molecule has 4 rings (SSSR count). The molecule has 1 atom stereocenters. The molecule has 3 aromatic carbocycles. The molecule has 1 unspecified atom stereocenters. The minimum atomic E-state index is -4.49. The summed E-state index contributed by atoms with van der Waals surface area (Å²) in [7, 11) is 0. The van der Waals surface area contributed by atoms with E-state index >= 15 is 0 Å². The number of aromatic nitrogens is 2. The monoisotopic (exact) mass is 488 g/mol. The first-order valence-electron chi connectivity index (χ1n) is 10.6. The normalized spacial score (nSPS) is 12.4. The quantitative estimate of drug-likeness (QED) is 0.250. The molecule has 0 aliphatic carbocycles. The molecular formula is C25H20F4N2O4. The summed E-state index contributed by atoms with van der Waals surface area (Å²) >= 11 is 0. The lowest BCUT2D eigenvalue weighted by molar-refractivity contribution is -0.145. The van der Waals surface area contributed by atoms with Gasteiger partial charge in [0.15, 0.2) is 24.3 Å². The lowest BCUT2D eigenvalue weighted by atomic mass is 10.0. The van der Waals surface area contributed by atoms with E-state index in [-0.39, 0.29) is 18.1 Å². The van der Waals surface area contributed by atoms with Crippen LogP contribution in [0.5, 0.6) is 11.5 Å². The van der Waals surface area contributed by atoms with Crippen molar-refractivity contribution < 1.29 is 36.6 Å². The molecule has 10 heteroatoms. The molecule has 0 aliphatic heterocycles. The highest BCUT2D eigenvalue weighted by molar-refractivity contribution is 5.82. The summed E-state index contributed by atoms with van der Waals surface area (Å²) in [6, 6.07) is 15.5. The number of halogens is 4. The molecular weight excluding hydrogens is 468 g/mol. The van der Waals surface area contributed by atoms with Gasteiger partial charge in [-0.15, -0.1) is 0 Å². The van der Waals surface area contributed by atoms with E-state index in [1.807, 2.05) is 0 Å². The molecule has 0 saturated heterocycles. The number of aromatic amines is 1. The highest BCUT2D eigenvalue weighted by Crippen LogP contribution is 2.35. The number of H-pyrrole nitrogens is 1. The van der Waals surface area contributed by atoms with Gasteiger partial charge in [-0.3, -0.25) is 5.10 Å². The molecule has 1 aromatic heterocycles. The third-order valence-corrected chi connectivity index (χ3v) is 5.10. The van der Waals surface area contributed by atoms with E-state index in [1.54, 1.807) is 31.2 Å². The standard InChI is InChI=1S/C25H20F4N2O4/c1-2-33-22(32)14-34-21-12-11-17(13-19(21)26)35-24(15-7-9-16(10-8-15)25(27,28)29)23-18-5-3-4-6-20(18)30-31-23/h3-13,24H,2,14H2,1H3,(H,30,31). The van der Waals surface area contributed by atoms with Gasteiger partial charge < -0.3 is 14.2 Å². The molecule has 1 N–H and O–H groups in total. The van der Waals surface area contributed by atoms with Crippen LogP contribution in [0.15, 0.2) is 66.7 Å². The molecule has 182 valence electrons. The Bertz CT molecular complexity index is 1320. The van der Waals surface area contributed by atoms with Crippen LogP contribution in [0.1, 0.15) is 29.8 Å². The fourth-order valence-electron chi connectivity index (χ4n) is 3.47. The zero-order chi connectivity index (χ0) is 25.0. The molecule has 0 radical (unpaired) electrons. The second-order valence-corrected chi connectivity index (χ2v) is 7.46. The van der Waals surface area contributed by atoms with Gasteiger partial charge in [-0.2, -0.15) is 18.3 Å². The van der Waals surface area contributed by atoms with Crippen molar-refractivity contribution in [1.82, 2.24) is 10.2 Å². The van der Waals surface area contributed by atoms with Gasteiger partial charge in [0.2, 0.25) is 0 Å². The summed E-state index contributed by atoms with van der Waals surface area (Å²) in [4.78, 5) is 11.4. The van der Waals surface area contributed by atoms with Crippen LogP contribution in [0.4, 0.5) is 17.6 Å². The highest BCUT2D eigenvalue weighted by atomic mass is 19.4. The molecule has 0 bridgehead atoms. The van der Waals surface area contributed by atoms with Crippen LogP contribution in [-0.4, -0.2) is 29.4 Å². The predicted octanol–water partition coefficient (Wildman–Crippen LogP) is 5.83. The first-order chi connectivity index (χ1) is 16.8. The van der Waals surface area contributed by atoms with Crippen LogP contribution < -0.4 is 9.47 Å². The largest absolute Gasteiger partial charge is 0.479 e. The van der Waals surface area contributed by atoms with Gasteiger partial charge in [0.1, 0.15) is 5.75 Å². The highest BCUT2D eigenvalue weighted by Gasteiger charge is 2.31.